The Morgan fingerprint density at radius 3 is 2.71 bits per heavy atom. The molecule has 0 unspecified atom stereocenters. The molecule has 0 spiro atoms. The number of hydrogen-bond donors (Lipinski definition) is 3. The molecular weight excluding hydrogens is 453 g/mol. The molecule has 1 aliphatic carbocycles. The largest absolute Gasteiger partial charge is 0.494 e. The fourth-order valence-corrected chi connectivity index (χ4v) is 5.77. The smallest absolute Gasteiger partial charge is 0.335 e. The lowest BCUT2D eigenvalue weighted by molar-refractivity contribution is -0.169. The quantitative estimate of drug-likeness (QED) is 0.395. The summed E-state index contributed by atoms with van der Waals surface area (Å²) in [6.45, 7) is 1.26. The molecule has 6 rings (SSSR count). The average molecular weight is 480 g/mol. The number of carboxylic acids is 1. The number of nitrogens with zero attached hydrogens (tertiary/aromatic N) is 2. The molecule has 0 bridgehead atoms. The van der Waals surface area contributed by atoms with E-state index in [-0.39, 0.29) is 30.4 Å². The minimum atomic E-state index is -1.72. The van der Waals surface area contributed by atoms with Gasteiger partial charge in [0, 0.05) is 47.4 Å². The first-order valence-electron chi connectivity index (χ1n) is 11.8. The summed E-state index contributed by atoms with van der Waals surface area (Å²) >= 11 is 0. The number of ether oxygens (including phenoxy) is 2. The molecule has 9 heteroatoms. The van der Waals surface area contributed by atoms with Gasteiger partial charge in [0.25, 0.3) is 0 Å². The van der Waals surface area contributed by atoms with Crippen LogP contribution >= 0.6 is 0 Å². The number of aromatic amines is 1. The highest BCUT2D eigenvalue weighted by atomic mass is 19.1. The third-order valence-corrected chi connectivity index (χ3v) is 7.58. The zero-order valence-electron chi connectivity index (χ0n) is 19.3. The number of H-pyrrole nitrogens is 1. The zero-order valence-corrected chi connectivity index (χ0v) is 19.3. The second-order valence-corrected chi connectivity index (χ2v) is 9.61. The van der Waals surface area contributed by atoms with Crippen LogP contribution in [0.25, 0.3) is 27.5 Å². The number of fused-ring (bicyclic) bond motifs is 2. The predicted molar refractivity (Wildman–Crippen MR) is 127 cm³/mol. The van der Waals surface area contributed by atoms with Crippen LogP contribution in [-0.2, 0) is 9.53 Å². The van der Waals surface area contributed by atoms with Crippen molar-refractivity contribution < 1.29 is 28.9 Å². The van der Waals surface area contributed by atoms with E-state index in [1.807, 2.05) is 6.07 Å². The van der Waals surface area contributed by atoms with Crippen LogP contribution < -0.4 is 4.74 Å². The lowest BCUT2D eigenvalue weighted by Gasteiger charge is -2.41. The molecule has 2 aromatic carbocycles. The summed E-state index contributed by atoms with van der Waals surface area (Å²) in [5, 5.41) is 29.2. The van der Waals surface area contributed by atoms with E-state index in [1.165, 1.54) is 13.2 Å². The average Bonchev–Trinajstić information content (AvgIpc) is 3.43. The summed E-state index contributed by atoms with van der Waals surface area (Å²) in [6, 6.07) is 8.92. The number of carbonyl (C=O) groups is 1. The van der Waals surface area contributed by atoms with E-state index >= 15 is 0 Å². The van der Waals surface area contributed by atoms with Crippen molar-refractivity contribution in [3.63, 3.8) is 0 Å². The number of carboxylic acid groups (broad SMARTS) is 1. The molecule has 2 aromatic heterocycles. The second-order valence-electron chi connectivity index (χ2n) is 9.61. The Morgan fingerprint density at radius 2 is 2.00 bits per heavy atom. The zero-order chi connectivity index (χ0) is 24.3. The standard InChI is InChI=1S/C26H26FN3O5/c1-34-22-9-17(2-3-19(22)27)30-21-8-15-13-28-29-20(15)10-18(21)23(16-11-26(33,12-16)25(31)32)24(30)14-4-6-35-7-5-14/h2-3,8-10,13-14,16,33H,4-7,11-12H2,1H3,(H,28,29)(H,31,32)/t16-,26+. The number of rotatable bonds is 5. The van der Waals surface area contributed by atoms with Crippen molar-refractivity contribution in [3.8, 4) is 11.4 Å². The first kappa shape index (κ1) is 22.1. The maximum absolute atomic E-state index is 14.3. The normalized spacial score (nSPS) is 23.0. The third-order valence-electron chi connectivity index (χ3n) is 7.58. The highest BCUT2D eigenvalue weighted by Gasteiger charge is 2.51. The molecule has 0 radical (unpaired) electrons. The Kier molecular flexibility index (Phi) is 5.08. The molecule has 0 amide bonds. The molecule has 4 aromatic rings. The van der Waals surface area contributed by atoms with Crippen LogP contribution in [0.5, 0.6) is 5.75 Å². The molecule has 2 fully saturated rings. The van der Waals surface area contributed by atoms with Crippen molar-refractivity contribution in [3.05, 3.63) is 53.6 Å². The van der Waals surface area contributed by atoms with E-state index in [9.17, 15) is 19.4 Å². The number of aliphatic hydroxyl groups is 1. The Hall–Kier alpha value is -3.43. The fraction of sp³-hybridized carbons (Fsp3) is 0.385. The number of methoxy groups -OCH3 is 1. The van der Waals surface area contributed by atoms with Crippen molar-refractivity contribution >= 4 is 27.8 Å². The topological polar surface area (TPSA) is 110 Å². The lowest BCUT2D eigenvalue weighted by atomic mass is 9.66. The van der Waals surface area contributed by atoms with Gasteiger partial charge in [0.15, 0.2) is 17.2 Å². The van der Waals surface area contributed by atoms with Gasteiger partial charge in [-0.1, -0.05) is 0 Å². The Morgan fingerprint density at radius 1 is 1.23 bits per heavy atom. The lowest BCUT2D eigenvalue weighted by Crippen LogP contribution is -2.49. The van der Waals surface area contributed by atoms with Crippen molar-refractivity contribution in [2.45, 2.75) is 43.1 Å². The van der Waals surface area contributed by atoms with Crippen LogP contribution in [0.1, 0.15) is 48.8 Å². The van der Waals surface area contributed by atoms with Gasteiger partial charge in [-0.25, -0.2) is 9.18 Å². The molecule has 1 saturated carbocycles. The van der Waals surface area contributed by atoms with Crippen LogP contribution in [0.3, 0.4) is 0 Å². The molecule has 1 saturated heterocycles. The molecule has 0 atom stereocenters. The Bertz CT molecular complexity index is 1450. The van der Waals surface area contributed by atoms with E-state index in [1.54, 1.807) is 18.3 Å². The molecule has 1 aliphatic heterocycles. The number of halogens is 1. The first-order valence-corrected chi connectivity index (χ1v) is 11.8. The van der Waals surface area contributed by atoms with Gasteiger partial charge in [0.05, 0.1) is 24.3 Å². The van der Waals surface area contributed by atoms with Gasteiger partial charge < -0.3 is 24.3 Å². The maximum Gasteiger partial charge on any atom is 0.335 e. The number of aliphatic carboxylic acids is 1. The SMILES string of the molecule is COc1cc(-n2c(C3CCOCC3)c([C@H]3C[C@](O)(C(=O)O)C3)c3cc4[nH]ncc4cc32)ccc1F. The summed E-state index contributed by atoms with van der Waals surface area (Å²) in [7, 11) is 1.44. The molecule has 2 aliphatic rings. The van der Waals surface area contributed by atoms with Gasteiger partial charge in [-0.05, 0) is 61.4 Å². The van der Waals surface area contributed by atoms with Gasteiger partial charge in [-0.15, -0.1) is 0 Å². The Balaban J connectivity index is 1.65. The van der Waals surface area contributed by atoms with Crippen molar-refractivity contribution in [1.29, 1.82) is 0 Å². The maximum atomic E-state index is 14.3. The molecule has 3 N–H and O–H groups in total. The summed E-state index contributed by atoms with van der Waals surface area (Å²) in [5.74, 6) is -1.44. The summed E-state index contributed by atoms with van der Waals surface area (Å²) in [6.07, 6.45) is 3.68. The number of aromatic nitrogens is 3. The molecular formula is C26H26FN3O5. The van der Waals surface area contributed by atoms with E-state index in [4.69, 9.17) is 9.47 Å². The van der Waals surface area contributed by atoms with Crippen LogP contribution in [-0.4, -0.2) is 56.9 Å². The molecule has 35 heavy (non-hydrogen) atoms. The van der Waals surface area contributed by atoms with Gasteiger partial charge >= 0.3 is 5.97 Å². The minimum absolute atomic E-state index is 0.125. The van der Waals surface area contributed by atoms with Crippen LogP contribution in [0.15, 0.2) is 36.5 Å². The highest BCUT2D eigenvalue weighted by Crippen LogP contribution is 2.52. The third kappa shape index (κ3) is 3.41. The fourth-order valence-electron chi connectivity index (χ4n) is 5.77. The monoisotopic (exact) mass is 479 g/mol. The van der Waals surface area contributed by atoms with Crippen LogP contribution in [0, 0.1) is 5.82 Å². The van der Waals surface area contributed by atoms with E-state index in [0.29, 0.717) is 13.2 Å². The summed E-state index contributed by atoms with van der Waals surface area (Å²) in [4.78, 5) is 11.7. The van der Waals surface area contributed by atoms with Gasteiger partial charge in [0.1, 0.15) is 0 Å². The van der Waals surface area contributed by atoms with Gasteiger partial charge in [0.2, 0.25) is 0 Å². The van der Waals surface area contributed by atoms with Crippen molar-refractivity contribution in [2.24, 2.45) is 0 Å². The van der Waals surface area contributed by atoms with E-state index in [0.717, 1.165) is 51.6 Å². The van der Waals surface area contributed by atoms with E-state index in [2.05, 4.69) is 20.8 Å². The van der Waals surface area contributed by atoms with E-state index < -0.39 is 17.4 Å². The van der Waals surface area contributed by atoms with Gasteiger partial charge in [-0.2, -0.15) is 5.10 Å². The number of nitrogens with one attached hydrogen (secondary N) is 1. The van der Waals surface area contributed by atoms with Crippen molar-refractivity contribution in [2.75, 3.05) is 20.3 Å². The van der Waals surface area contributed by atoms with Crippen LogP contribution in [0.2, 0.25) is 0 Å². The van der Waals surface area contributed by atoms with Crippen molar-refractivity contribution in [1.82, 2.24) is 14.8 Å². The molecule has 182 valence electrons. The summed E-state index contributed by atoms with van der Waals surface area (Å²) < 4.78 is 27.4. The first-order chi connectivity index (χ1) is 16.9. The highest BCUT2D eigenvalue weighted by molar-refractivity contribution is 5.99. The Labute approximate surface area is 200 Å². The predicted octanol–water partition coefficient (Wildman–Crippen LogP) is 4.24. The van der Waals surface area contributed by atoms with Crippen LogP contribution in [0.4, 0.5) is 4.39 Å². The molecule has 3 heterocycles. The number of benzene rings is 2. The number of hydrogen-bond acceptors (Lipinski definition) is 5. The summed E-state index contributed by atoms with van der Waals surface area (Å²) in [5.41, 5.74) is 2.95. The molecule has 8 nitrogen and oxygen atoms in total. The minimum Gasteiger partial charge on any atom is -0.494 e. The van der Waals surface area contributed by atoms with Gasteiger partial charge in [-0.3, -0.25) is 5.10 Å². The second kappa shape index (κ2) is 8.07.